The van der Waals surface area contributed by atoms with Gasteiger partial charge in [-0.05, 0) is 18.4 Å². The molecule has 0 aliphatic heterocycles. The van der Waals surface area contributed by atoms with E-state index in [4.69, 9.17) is 5.11 Å². The molecule has 2 N–H and O–H groups in total. The zero-order chi connectivity index (χ0) is 11.5. The summed E-state index contributed by atoms with van der Waals surface area (Å²) in [5.41, 5.74) is 0. The van der Waals surface area contributed by atoms with Crippen LogP contribution in [0.4, 0.5) is 0 Å². The monoisotopic (exact) mass is 251 g/mol. The molecule has 0 unspecified atom stereocenters. The van der Waals surface area contributed by atoms with E-state index in [9.17, 15) is 9.59 Å². The van der Waals surface area contributed by atoms with Gasteiger partial charge in [0.2, 0.25) is 5.91 Å². The molecule has 15 heavy (non-hydrogen) atoms. The number of hydrogen-bond donors (Lipinski definition) is 2. The number of amides is 1. The summed E-state index contributed by atoms with van der Waals surface area (Å²) in [5, 5.41) is 11.1. The summed E-state index contributed by atoms with van der Waals surface area (Å²) < 4.78 is 0. The molecule has 0 aromatic rings. The molecule has 1 amide bonds. The minimum Gasteiger partial charge on any atom is -0.481 e. The summed E-state index contributed by atoms with van der Waals surface area (Å²) in [6.07, 6.45) is 3.47. The van der Waals surface area contributed by atoms with Crippen LogP contribution in [0.3, 0.4) is 0 Å². The van der Waals surface area contributed by atoms with Crippen molar-refractivity contribution in [1.82, 2.24) is 5.32 Å². The number of aliphatic carboxylic acids is 1. The number of carboxylic acid groups (broad SMARTS) is 1. The van der Waals surface area contributed by atoms with Gasteiger partial charge in [-0.2, -0.15) is 11.8 Å². The van der Waals surface area contributed by atoms with Gasteiger partial charge in [-0.3, -0.25) is 9.59 Å². The summed E-state index contributed by atoms with van der Waals surface area (Å²) in [4.78, 5) is 21.3. The van der Waals surface area contributed by atoms with Crippen LogP contribution >= 0.6 is 23.5 Å². The Hall–Kier alpha value is -0.360. The zero-order valence-electron chi connectivity index (χ0n) is 8.82. The molecule has 0 bridgehead atoms. The van der Waals surface area contributed by atoms with Gasteiger partial charge >= 0.3 is 5.97 Å². The predicted octanol–water partition coefficient (Wildman–Crippen LogP) is 1.06. The molecule has 0 fully saturated rings. The minimum atomic E-state index is -0.814. The number of thioether (sulfide) groups is 2. The second-order valence-corrected chi connectivity index (χ2v) is 4.98. The molecule has 0 saturated carbocycles. The van der Waals surface area contributed by atoms with Crippen molar-refractivity contribution in [2.75, 3.05) is 30.1 Å². The van der Waals surface area contributed by atoms with Gasteiger partial charge in [0.25, 0.3) is 0 Å². The molecular formula is C9H17NO3S2. The maximum atomic E-state index is 11.2. The Morgan fingerprint density at radius 3 is 2.67 bits per heavy atom. The molecule has 0 aromatic heterocycles. The maximum absolute atomic E-state index is 11.2. The quantitative estimate of drug-likeness (QED) is 0.600. The van der Waals surface area contributed by atoms with Crippen LogP contribution in [0.25, 0.3) is 0 Å². The van der Waals surface area contributed by atoms with Crippen molar-refractivity contribution >= 4 is 35.4 Å². The zero-order valence-corrected chi connectivity index (χ0v) is 10.5. The van der Waals surface area contributed by atoms with E-state index < -0.39 is 5.97 Å². The Bertz CT molecular complexity index is 200. The van der Waals surface area contributed by atoms with Crippen LogP contribution in [-0.2, 0) is 9.59 Å². The third-order valence-electron chi connectivity index (χ3n) is 1.55. The van der Waals surface area contributed by atoms with Gasteiger partial charge in [-0.15, -0.1) is 11.8 Å². The smallest absolute Gasteiger partial charge is 0.313 e. The van der Waals surface area contributed by atoms with E-state index >= 15 is 0 Å². The first-order valence-corrected chi connectivity index (χ1v) is 7.27. The lowest BCUT2D eigenvalue weighted by molar-refractivity contribution is -0.133. The Morgan fingerprint density at radius 2 is 2.07 bits per heavy atom. The van der Waals surface area contributed by atoms with Crippen LogP contribution in [0.1, 0.15) is 12.8 Å². The van der Waals surface area contributed by atoms with Crippen LogP contribution in [0.2, 0.25) is 0 Å². The SMILES string of the molecule is CSCCCC(=O)NCCSCC(=O)O. The molecule has 0 rings (SSSR count). The highest BCUT2D eigenvalue weighted by Gasteiger charge is 2.00. The molecular weight excluding hydrogens is 234 g/mol. The fourth-order valence-electron chi connectivity index (χ4n) is 0.888. The molecule has 0 radical (unpaired) electrons. The van der Waals surface area contributed by atoms with Crippen LogP contribution in [0.15, 0.2) is 0 Å². The van der Waals surface area contributed by atoms with Crippen LogP contribution in [0, 0.1) is 0 Å². The summed E-state index contributed by atoms with van der Waals surface area (Å²) in [7, 11) is 0. The summed E-state index contributed by atoms with van der Waals surface area (Å²) in [6.45, 7) is 0.552. The fourth-order valence-corrected chi connectivity index (χ4v) is 1.89. The molecule has 0 heterocycles. The first-order valence-electron chi connectivity index (χ1n) is 4.72. The average molecular weight is 251 g/mol. The van der Waals surface area contributed by atoms with Gasteiger partial charge in [-0.25, -0.2) is 0 Å². The Kier molecular flexibility index (Phi) is 9.92. The van der Waals surface area contributed by atoms with Crippen molar-refractivity contribution in [2.24, 2.45) is 0 Å². The Balaban J connectivity index is 3.20. The number of hydrogen-bond acceptors (Lipinski definition) is 4. The predicted molar refractivity (Wildman–Crippen MR) is 65.6 cm³/mol. The lowest BCUT2D eigenvalue weighted by Crippen LogP contribution is -2.25. The van der Waals surface area contributed by atoms with Crippen LogP contribution < -0.4 is 5.32 Å². The number of rotatable bonds is 9. The van der Waals surface area contributed by atoms with Crippen molar-refractivity contribution in [3.63, 3.8) is 0 Å². The summed E-state index contributed by atoms with van der Waals surface area (Å²) >= 11 is 3.04. The van der Waals surface area contributed by atoms with E-state index in [2.05, 4.69) is 5.32 Å². The highest BCUT2D eigenvalue weighted by molar-refractivity contribution is 7.99. The summed E-state index contributed by atoms with van der Waals surface area (Å²) in [6, 6.07) is 0. The standard InChI is InChI=1S/C9H17NO3S2/c1-14-5-2-3-8(11)10-4-6-15-7-9(12)13/h2-7H2,1H3,(H,10,11)(H,12,13). The third-order valence-corrected chi connectivity index (χ3v) is 3.19. The first kappa shape index (κ1) is 14.6. The van der Waals surface area contributed by atoms with Gasteiger partial charge in [0.15, 0.2) is 0 Å². The summed E-state index contributed by atoms with van der Waals surface area (Å²) in [5.74, 6) is 0.996. The maximum Gasteiger partial charge on any atom is 0.313 e. The van der Waals surface area contributed by atoms with E-state index in [1.165, 1.54) is 11.8 Å². The Labute approximate surface area is 98.6 Å². The molecule has 0 aliphatic carbocycles. The van der Waals surface area contributed by atoms with Crippen LogP contribution in [-0.4, -0.2) is 47.0 Å². The highest BCUT2D eigenvalue weighted by atomic mass is 32.2. The second-order valence-electron chi connectivity index (χ2n) is 2.89. The van der Waals surface area contributed by atoms with Crippen molar-refractivity contribution in [3.05, 3.63) is 0 Å². The van der Waals surface area contributed by atoms with Gasteiger partial charge in [0.05, 0.1) is 5.75 Å². The largest absolute Gasteiger partial charge is 0.481 e. The third kappa shape index (κ3) is 11.6. The van der Waals surface area contributed by atoms with Gasteiger partial charge in [-0.1, -0.05) is 0 Å². The molecule has 88 valence electrons. The molecule has 6 heteroatoms. The normalized spacial score (nSPS) is 9.93. The molecule has 0 saturated heterocycles. The van der Waals surface area contributed by atoms with Gasteiger partial charge < -0.3 is 10.4 Å². The van der Waals surface area contributed by atoms with E-state index in [-0.39, 0.29) is 11.7 Å². The number of carbonyl (C=O) groups excluding carboxylic acids is 1. The topological polar surface area (TPSA) is 66.4 Å². The van der Waals surface area contributed by atoms with Crippen molar-refractivity contribution in [2.45, 2.75) is 12.8 Å². The molecule has 0 aliphatic rings. The number of carboxylic acids is 1. The van der Waals surface area contributed by atoms with Crippen molar-refractivity contribution in [3.8, 4) is 0 Å². The van der Waals surface area contributed by atoms with Gasteiger partial charge in [0, 0.05) is 18.7 Å². The Morgan fingerprint density at radius 1 is 1.33 bits per heavy atom. The highest BCUT2D eigenvalue weighted by Crippen LogP contribution is 2.00. The lowest BCUT2D eigenvalue weighted by Gasteiger charge is -2.03. The van der Waals surface area contributed by atoms with Crippen molar-refractivity contribution in [1.29, 1.82) is 0 Å². The van der Waals surface area contributed by atoms with Gasteiger partial charge in [0.1, 0.15) is 0 Å². The van der Waals surface area contributed by atoms with E-state index in [1.54, 1.807) is 11.8 Å². The van der Waals surface area contributed by atoms with Crippen molar-refractivity contribution < 1.29 is 14.7 Å². The molecule has 0 aromatic carbocycles. The number of nitrogens with one attached hydrogen (secondary N) is 1. The average Bonchev–Trinajstić information content (AvgIpc) is 2.17. The lowest BCUT2D eigenvalue weighted by atomic mass is 10.3. The first-order chi connectivity index (χ1) is 7.16. The van der Waals surface area contributed by atoms with E-state index in [0.29, 0.717) is 18.7 Å². The molecule has 0 atom stereocenters. The second kappa shape index (κ2) is 10.2. The van der Waals surface area contributed by atoms with E-state index in [0.717, 1.165) is 12.2 Å². The van der Waals surface area contributed by atoms with Crippen LogP contribution in [0.5, 0.6) is 0 Å². The minimum absolute atomic E-state index is 0.0555. The molecule has 0 spiro atoms. The van der Waals surface area contributed by atoms with E-state index in [1.807, 2.05) is 6.26 Å². The number of carbonyl (C=O) groups is 2. The fraction of sp³-hybridized carbons (Fsp3) is 0.778. The molecule has 4 nitrogen and oxygen atoms in total.